The van der Waals surface area contributed by atoms with Crippen LogP contribution >= 0.6 is 0 Å². The van der Waals surface area contributed by atoms with Crippen molar-refractivity contribution >= 4 is 11.9 Å². The molecule has 1 aliphatic rings. The number of rotatable bonds is 58. The normalized spacial score (nSPS) is 19.0. The van der Waals surface area contributed by atoms with Crippen molar-refractivity contribution in [3.63, 3.8) is 0 Å². The molecule has 6 N–H and O–H groups in total. The number of allylic oxidation sites excluding steroid dienone is 1. The molecule has 0 aromatic carbocycles. The highest BCUT2D eigenvalue weighted by Gasteiger charge is 2.47. The van der Waals surface area contributed by atoms with E-state index in [-0.39, 0.29) is 13.0 Å². The average Bonchev–Trinajstić information content (AvgIpc) is 3.43. The zero-order chi connectivity index (χ0) is 56.1. The summed E-state index contributed by atoms with van der Waals surface area (Å²) in [6, 6.07) is -1.02. The van der Waals surface area contributed by atoms with Crippen LogP contribution in [0.3, 0.4) is 0 Å². The average molecular weight is 1090 g/mol. The molecule has 11 heteroatoms. The van der Waals surface area contributed by atoms with E-state index in [1.165, 1.54) is 231 Å². The maximum Gasteiger partial charge on any atom is 0.306 e. The molecule has 1 saturated heterocycles. The zero-order valence-electron chi connectivity index (χ0n) is 50.6. The van der Waals surface area contributed by atoms with E-state index in [9.17, 15) is 35.1 Å². The Labute approximate surface area is 474 Å². The van der Waals surface area contributed by atoms with Gasteiger partial charge in [-0.25, -0.2) is 0 Å². The van der Waals surface area contributed by atoms with E-state index in [2.05, 4.69) is 26.1 Å². The molecule has 0 bridgehead atoms. The fraction of sp³-hybridized carbons (Fsp3) is 0.939. The monoisotopic (exact) mass is 1090 g/mol. The van der Waals surface area contributed by atoms with Gasteiger partial charge in [-0.15, -0.1) is 0 Å². The number of nitrogens with one attached hydrogen (secondary N) is 1. The Kier molecular flexibility index (Phi) is 52.4. The van der Waals surface area contributed by atoms with Crippen molar-refractivity contribution in [1.29, 1.82) is 0 Å². The van der Waals surface area contributed by atoms with Crippen LogP contribution in [-0.4, -0.2) is 99.6 Å². The Bertz CT molecular complexity index is 1300. The van der Waals surface area contributed by atoms with E-state index in [0.717, 1.165) is 57.8 Å². The van der Waals surface area contributed by atoms with Gasteiger partial charge in [0.05, 0.1) is 25.4 Å². The molecule has 1 aliphatic heterocycles. The summed E-state index contributed by atoms with van der Waals surface area (Å²) in [5.41, 5.74) is 0. The van der Waals surface area contributed by atoms with Gasteiger partial charge in [0.25, 0.3) is 0 Å². The summed E-state index contributed by atoms with van der Waals surface area (Å²) in [5.74, 6) is -1.17. The Morgan fingerprint density at radius 1 is 0.494 bits per heavy atom. The highest BCUT2D eigenvalue weighted by atomic mass is 16.7. The first-order valence-corrected chi connectivity index (χ1v) is 33.5. The van der Waals surface area contributed by atoms with Crippen molar-refractivity contribution < 1.29 is 49.3 Å². The van der Waals surface area contributed by atoms with Gasteiger partial charge in [0.2, 0.25) is 5.91 Å². The van der Waals surface area contributed by atoms with Crippen LogP contribution in [0.15, 0.2) is 12.2 Å². The van der Waals surface area contributed by atoms with E-state index >= 15 is 0 Å². The second kappa shape index (κ2) is 55.0. The minimum atomic E-state index is -1.61. The molecule has 456 valence electrons. The molecule has 0 saturated carbocycles. The lowest BCUT2D eigenvalue weighted by Gasteiger charge is -2.41. The second-order valence-electron chi connectivity index (χ2n) is 23.6. The first kappa shape index (κ1) is 73.4. The first-order chi connectivity index (χ1) is 37.7. The lowest BCUT2D eigenvalue weighted by atomic mass is 9.99. The molecule has 11 nitrogen and oxygen atoms in total. The number of carbonyl (C=O) groups is 2. The standard InChI is InChI=1S/C66H127NO10/c1-4-7-10-13-16-19-22-24-26-28-29-30-31-32-34-36-39-42-45-48-51-54-61(71)77-64-63(73)62(72)60(55-68)76-66(64)75-56-57(58(69)52-49-46-43-40-37-21-18-15-12-9-6-3)67-65(74)59(70)53-50-47-44-41-38-35-33-27-25-23-20-17-14-11-8-5-2/h49,52,57-60,62-64,66,68-70,72-73H,4-48,50-51,53-56H2,1-3H3,(H,67,74)/b52-49+. The number of hydrogen-bond acceptors (Lipinski definition) is 10. The molecule has 0 aromatic heterocycles. The Morgan fingerprint density at radius 3 is 1.22 bits per heavy atom. The number of ether oxygens (including phenoxy) is 3. The number of aliphatic hydroxyl groups is 5. The summed E-state index contributed by atoms with van der Waals surface area (Å²) in [4.78, 5) is 26.6. The zero-order valence-corrected chi connectivity index (χ0v) is 50.6. The van der Waals surface area contributed by atoms with Crippen molar-refractivity contribution in [2.75, 3.05) is 13.2 Å². The molecule has 8 unspecified atom stereocenters. The van der Waals surface area contributed by atoms with Crippen LogP contribution in [0, 0.1) is 0 Å². The fourth-order valence-corrected chi connectivity index (χ4v) is 10.9. The molecular weight excluding hydrogens is 967 g/mol. The molecule has 0 aliphatic carbocycles. The van der Waals surface area contributed by atoms with Gasteiger partial charge in [-0.1, -0.05) is 315 Å². The molecule has 1 fully saturated rings. The van der Waals surface area contributed by atoms with Gasteiger partial charge in [0.1, 0.15) is 24.4 Å². The van der Waals surface area contributed by atoms with E-state index in [4.69, 9.17) is 14.2 Å². The molecule has 1 rings (SSSR count). The van der Waals surface area contributed by atoms with E-state index in [0.29, 0.717) is 19.3 Å². The van der Waals surface area contributed by atoms with Crippen molar-refractivity contribution in [2.24, 2.45) is 0 Å². The fourth-order valence-electron chi connectivity index (χ4n) is 10.9. The molecule has 0 spiro atoms. The van der Waals surface area contributed by atoms with Crippen LogP contribution in [0.2, 0.25) is 0 Å². The SMILES string of the molecule is CCCCCCCCCCC/C=C/C(O)C(COC1OC(CO)C(O)C(O)C1OC(=O)CCCCCCCCCCCCCCCCCCCCCCC)NC(=O)C(O)CCCCCCCCCCCCCCCCCC. The molecule has 1 amide bonds. The molecule has 77 heavy (non-hydrogen) atoms. The van der Waals surface area contributed by atoms with Crippen molar-refractivity contribution in [3.05, 3.63) is 12.2 Å². The van der Waals surface area contributed by atoms with E-state index < -0.39 is 67.4 Å². The van der Waals surface area contributed by atoms with Crippen LogP contribution in [0.5, 0.6) is 0 Å². The maximum atomic E-state index is 13.4. The maximum absolute atomic E-state index is 13.4. The quantitative estimate of drug-likeness (QED) is 0.0195. The summed E-state index contributed by atoms with van der Waals surface area (Å²) in [5, 5.41) is 57.0. The molecule has 8 atom stereocenters. The summed E-state index contributed by atoms with van der Waals surface area (Å²) in [6.07, 6.45) is 52.6. The van der Waals surface area contributed by atoms with Gasteiger partial charge in [0, 0.05) is 6.42 Å². The Morgan fingerprint density at radius 2 is 0.844 bits per heavy atom. The summed E-state index contributed by atoms with van der Waals surface area (Å²) in [6.45, 7) is 5.84. The predicted octanol–water partition coefficient (Wildman–Crippen LogP) is 16.3. The number of carbonyl (C=O) groups excluding carboxylic acids is 2. The molecule has 1 heterocycles. The van der Waals surface area contributed by atoms with Gasteiger partial charge < -0.3 is 45.1 Å². The van der Waals surface area contributed by atoms with Crippen LogP contribution in [0.25, 0.3) is 0 Å². The van der Waals surface area contributed by atoms with Crippen molar-refractivity contribution in [2.45, 2.75) is 384 Å². The second-order valence-corrected chi connectivity index (χ2v) is 23.6. The number of unbranched alkanes of at least 4 members (excludes halogenated alkanes) is 44. The minimum absolute atomic E-state index is 0.132. The lowest BCUT2D eigenvalue weighted by molar-refractivity contribution is -0.305. The van der Waals surface area contributed by atoms with Crippen LogP contribution in [0.1, 0.15) is 335 Å². The Hall–Kier alpha value is -1.60. The third kappa shape index (κ3) is 42.9. The summed E-state index contributed by atoms with van der Waals surface area (Å²) < 4.78 is 17.7. The predicted molar refractivity (Wildman–Crippen MR) is 320 cm³/mol. The van der Waals surface area contributed by atoms with Crippen LogP contribution in [0.4, 0.5) is 0 Å². The van der Waals surface area contributed by atoms with Crippen molar-refractivity contribution in [3.8, 4) is 0 Å². The smallest absolute Gasteiger partial charge is 0.306 e. The third-order valence-corrected chi connectivity index (χ3v) is 16.2. The Balaban J connectivity index is 2.58. The van der Waals surface area contributed by atoms with Crippen molar-refractivity contribution in [1.82, 2.24) is 5.32 Å². The molecule has 0 radical (unpaired) electrons. The molecule has 0 aromatic rings. The largest absolute Gasteiger partial charge is 0.454 e. The lowest BCUT2D eigenvalue weighted by Crippen LogP contribution is -2.61. The van der Waals surface area contributed by atoms with Gasteiger partial charge in [-0.05, 0) is 25.7 Å². The van der Waals surface area contributed by atoms with Gasteiger partial charge in [-0.2, -0.15) is 0 Å². The third-order valence-electron chi connectivity index (χ3n) is 16.2. The number of amides is 1. The van der Waals surface area contributed by atoms with E-state index in [1.807, 2.05) is 6.08 Å². The van der Waals surface area contributed by atoms with Crippen LogP contribution < -0.4 is 5.32 Å². The highest BCUT2D eigenvalue weighted by Crippen LogP contribution is 2.26. The molecular formula is C66H127NO10. The highest BCUT2D eigenvalue weighted by molar-refractivity contribution is 5.80. The van der Waals surface area contributed by atoms with Crippen LogP contribution in [-0.2, 0) is 23.8 Å². The first-order valence-electron chi connectivity index (χ1n) is 33.5. The topological polar surface area (TPSA) is 175 Å². The number of aliphatic hydroxyl groups excluding tert-OH is 5. The summed E-state index contributed by atoms with van der Waals surface area (Å²) in [7, 11) is 0. The minimum Gasteiger partial charge on any atom is -0.454 e. The van der Waals surface area contributed by atoms with E-state index in [1.54, 1.807) is 6.08 Å². The van der Waals surface area contributed by atoms with Gasteiger partial charge >= 0.3 is 5.97 Å². The number of esters is 1. The van der Waals surface area contributed by atoms with Gasteiger partial charge in [0.15, 0.2) is 12.4 Å². The van der Waals surface area contributed by atoms with Gasteiger partial charge in [-0.3, -0.25) is 9.59 Å². The summed E-state index contributed by atoms with van der Waals surface area (Å²) >= 11 is 0. The number of hydrogen-bond donors (Lipinski definition) is 6.